The van der Waals surface area contributed by atoms with Crippen LogP contribution in [0.25, 0.3) is 0 Å². The zero-order valence-corrected chi connectivity index (χ0v) is 9.89. The molecule has 1 atom stereocenters. The summed E-state index contributed by atoms with van der Waals surface area (Å²) in [4.78, 5) is 7.11. The molecule has 1 aliphatic heterocycles. The van der Waals surface area contributed by atoms with Crippen LogP contribution in [0.1, 0.15) is 24.3 Å². The van der Waals surface area contributed by atoms with Gasteiger partial charge in [0.15, 0.2) is 0 Å². The SMILES string of the molecule is CNC1(c2nccs2)CCN(C2CC2)C1. The summed E-state index contributed by atoms with van der Waals surface area (Å²) >= 11 is 1.78. The van der Waals surface area contributed by atoms with Crippen LogP contribution in [0.15, 0.2) is 11.6 Å². The molecule has 2 heterocycles. The Morgan fingerprint density at radius 3 is 3.07 bits per heavy atom. The van der Waals surface area contributed by atoms with Crippen molar-refractivity contribution in [3.8, 4) is 0 Å². The molecular weight excluding hydrogens is 206 g/mol. The Bertz CT molecular complexity index is 334. The summed E-state index contributed by atoms with van der Waals surface area (Å²) in [5.41, 5.74) is 0.136. The lowest BCUT2D eigenvalue weighted by molar-refractivity contribution is 0.283. The first-order valence-electron chi connectivity index (χ1n) is 5.67. The van der Waals surface area contributed by atoms with Gasteiger partial charge in [0, 0.05) is 30.7 Å². The second-order valence-corrected chi connectivity index (χ2v) is 5.52. The number of rotatable bonds is 3. The van der Waals surface area contributed by atoms with Gasteiger partial charge in [-0.2, -0.15) is 0 Å². The second kappa shape index (κ2) is 3.54. The number of nitrogens with one attached hydrogen (secondary N) is 1. The molecular formula is C11H17N3S. The van der Waals surface area contributed by atoms with Crippen LogP contribution < -0.4 is 5.32 Å². The van der Waals surface area contributed by atoms with Gasteiger partial charge in [0.1, 0.15) is 5.01 Å². The highest BCUT2D eigenvalue weighted by molar-refractivity contribution is 7.09. The quantitative estimate of drug-likeness (QED) is 0.840. The molecule has 1 aromatic rings. The number of likely N-dealkylation sites (N-methyl/N-ethyl adjacent to an activating group) is 1. The van der Waals surface area contributed by atoms with E-state index in [1.807, 2.05) is 6.20 Å². The maximum Gasteiger partial charge on any atom is 0.114 e. The van der Waals surface area contributed by atoms with E-state index in [2.05, 4.69) is 27.6 Å². The van der Waals surface area contributed by atoms with Gasteiger partial charge in [-0.15, -0.1) is 11.3 Å². The van der Waals surface area contributed by atoms with Gasteiger partial charge >= 0.3 is 0 Å². The fourth-order valence-corrected chi connectivity index (χ4v) is 3.40. The Morgan fingerprint density at radius 1 is 1.60 bits per heavy atom. The number of aromatic nitrogens is 1. The normalized spacial score (nSPS) is 32.3. The summed E-state index contributed by atoms with van der Waals surface area (Å²) in [6, 6.07) is 0.875. The van der Waals surface area contributed by atoms with Crippen molar-refractivity contribution in [2.45, 2.75) is 30.8 Å². The van der Waals surface area contributed by atoms with E-state index in [9.17, 15) is 0 Å². The molecule has 1 aliphatic carbocycles. The molecule has 1 saturated carbocycles. The standard InChI is InChI=1S/C11H17N3S/c1-12-11(10-13-5-7-15-10)4-6-14(8-11)9-2-3-9/h5,7,9,12H,2-4,6,8H2,1H3. The summed E-state index contributed by atoms with van der Waals surface area (Å²) < 4.78 is 0. The fraction of sp³-hybridized carbons (Fsp3) is 0.727. The Kier molecular flexibility index (Phi) is 2.30. The smallest absolute Gasteiger partial charge is 0.114 e. The van der Waals surface area contributed by atoms with Crippen molar-refractivity contribution in [2.24, 2.45) is 0 Å². The first-order chi connectivity index (χ1) is 7.34. The molecule has 2 fully saturated rings. The van der Waals surface area contributed by atoms with Crippen molar-refractivity contribution < 1.29 is 0 Å². The highest BCUT2D eigenvalue weighted by Gasteiger charge is 2.44. The first kappa shape index (κ1) is 9.75. The van der Waals surface area contributed by atoms with Crippen LogP contribution in [0.2, 0.25) is 0 Å². The van der Waals surface area contributed by atoms with Gasteiger partial charge in [-0.1, -0.05) is 0 Å². The van der Waals surface area contributed by atoms with Gasteiger partial charge in [0.2, 0.25) is 0 Å². The molecule has 1 aromatic heterocycles. The minimum absolute atomic E-state index is 0.136. The molecule has 2 aliphatic rings. The van der Waals surface area contributed by atoms with Gasteiger partial charge in [0.05, 0.1) is 5.54 Å². The zero-order valence-electron chi connectivity index (χ0n) is 9.07. The molecule has 0 radical (unpaired) electrons. The van der Waals surface area contributed by atoms with Gasteiger partial charge < -0.3 is 5.32 Å². The first-order valence-corrected chi connectivity index (χ1v) is 6.55. The monoisotopic (exact) mass is 223 g/mol. The molecule has 0 bridgehead atoms. The van der Waals surface area contributed by atoms with Gasteiger partial charge in [0.25, 0.3) is 0 Å². The third-order valence-corrected chi connectivity index (χ3v) is 4.66. The summed E-state index contributed by atoms with van der Waals surface area (Å²) in [6.07, 6.45) is 5.92. The predicted octanol–water partition coefficient (Wildman–Crippen LogP) is 1.43. The molecule has 1 saturated heterocycles. The van der Waals surface area contributed by atoms with Gasteiger partial charge in [-0.05, 0) is 26.3 Å². The average Bonchev–Trinajstić information content (AvgIpc) is 2.84. The highest BCUT2D eigenvalue weighted by Crippen LogP contribution is 2.38. The van der Waals surface area contributed by atoms with Crippen molar-refractivity contribution in [1.82, 2.24) is 15.2 Å². The molecule has 0 spiro atoms. The summed E-state index contributed by atoms with van der Waals surface area (Å²) in [6.45, 7) is 2.37. The largest absolute Gasteiger partial charge is 0.307 e. The summed E-state index contributed by atoms with van der Waals surface area (Å²) in [7, 11) is 2.07. The van der Waals surface area contributed by atoms with Crippen molar-refractivity contribution >= 4 is 11.3 Å². The summed E-state index contributed by atoms with van der Waals surface area (Å²) in [5.74, 6) is 0. The van der Waals surface area contributed by atoms with Crippen LogP contribution in [-0.2, 0) is 5.54 Å². The molecule has 3 rings (SSSR count). The molecule has 1 N–H and O–H groups in total. The van der Waals surface area contributed by atoms with E-state index in [0.717, 1.165) is 12.6 Å². The molecule has 1 unspecified atom stereocenters. The van der Waals surface area contributed by atoms with E-state index in [1.165, 1.54) is 30.8 Å². The van der Waals surface area contributed by atoms with Crippen molar-refractivity contribution in [3.05, 3.63) is 16.6 Å². The van der Waals surface area contributed by atoms with Crippen molar-refractivity contribution in [2.75, 3.05) is 20.1 Å². The third-order valence-electron chi connectivity index (χ3n) is 3.68. The molecule has 82 valence electrons. The van der Waals surface area contributed by atoms with Crippen LogP contribution in [0.4, 0.5) is 0 Å². The third kappa shape index (κ3) is 1.61. The van der Waals surface area contributed by atoms with E-state index in [4.69, 9.17) is 0 Å². The minimum atomic E-state index is 0.136. The van der Waals surface area contributed by atoms with E-state index in [0.29, 0.717) is 0 Å². The lowest BCUT2D eigenvalue weighted by atomic mass is 10.0. The van der Waals surface area contributed by atoms with E-state index >= 15 is 0 Å². The average molecular weight is 223 g/mol. The van der Waals surface area contributed by atoms with Crippen LogP contribution in [0, 0.1) is 0 Å². The Hall–Kier alpha value is -0.450. The van der Waals surface area contributed by atoms with Gasteiger partial charge in [-0.3, -0.25) is 4.90 Å². The molecule has 4 heteroatoms. The van der Waals surface area contributed by atoms with E-state index < -0.39 is 0 Å². The lowest BCUT2D eigenvalue weighted by Crippen LogP contribution is -2.42. The zero-order chi connectivity index (χ0) is 10.3. The van der Waals surface area contributed by atoms with Crippen molar-refractivity contribution in [3.63, 3.8) is 0 Å². The number of nitrogens with zero attached hydrogens (tertiary/aromatic N) is 2. The summed E-state index contributed by atoms with van der Waals surface area (Å²) in [5, 5.41) is 6.83. The fourth-order valence-electron chi connectivity index (χ4n) is 2.54. The number of likely N-dealkylation sites (tertiary alicyclic amines) is 1. The topological polar surface area (TPSA) is 28.2 Å². The van der Waals surface area contributed by atoms with Gasteiger partial charge in [-0.25, -0.2) is 4.98 Å². The van der Waals surface area contributed by atoms with Crippen LogP contribution in [0.3, 0.4) is 0 Å². The lowest BCUT2D eigenvalue weighted by Gasteiger charge is -2.26. The Balaban J connectivity index is 1.82. The molecule has 0 aromatic carbocycles. The second-order valence-electron chi connectivity index (χ2n) is 4.62. The number of thiazole rings is 1. The minimum Gasteiger partial charge on any atom is -0.307 e. The number of hydrogen-bond acceptors (Lipinski definition) is 4. The maximum atomic E-state index is 4.48. The molecule has 0 amide bonds. The molecule has 3 nitrogen and oxygen atoms in total. The highest BCUT2D eigenvalue weighted by atomic mass is 32.1. The van der Waals surface area contributed by atoms with Crippen LogP contribution in [-0.4, -0.2) is 36.1 Å². The van der Waals surface area contributed by atoms with Crippen LogP contribution in [0.5, 0.6) is 0 Å². The van der Waals surface area contributed by atoms with Crippen molar-refractivity contribution in [1.29, 1.82) is 0 Å². The van der Waals surface area contributed by atoms with Crippen LogP contribution >= 0.6 is 11.3 Å². The maximum absolute atomic E-state index is 4.48. The Labute approximate surface area is 94.5 Å². The molecule has 15 heavy (non-hydrogen) atoms. The van der Waals surface area contributed by atoms with E-state index in [1.54, 1.807) is 11.3 Å². The number of hydrogen-bond donors (Lipinski definition) is 1. The Morgan fingerprint density at radius 2 is 2.47 bits per heavy atom. The van der Waals surface area contributed by atoms with E-state index in [-0.39, 0.29) is 5.54 Å². The predicted molar refractivity (Wildman–Crippen MR) is 62.1 cm³/mol.